The highest BCUT2D eigenvalue weighted by Gasteiger charge is 2.29. The molecule has 0 radical (unpaired) electrons. The number of carbonyl (C=O) groups excluding carboxylic acids is 1. The number of ether oxygens (including phenoxy) is 1. The quantitative estimate of drug-likeness (QED) is 0.928. The van der Waals surface area contributed by atoms with Gasteiger partial charge in [-0.05, 0) is 19.1 Å². The molecule has 1 aromatic carbocycles. The smallest absolute Gasteiger partial charge is 0.216 e. The molecule has 1 N–H and O–H groups in total. The van der Waals surface area contributed by atoms with Crippen LogP contribution in [0, 0.1) is 5.82 Å². The zero-order valence-corrected chi connectivity index (χ0v) is 13.0. The zero-order chi connectivity index (χ0) is 15.4. The fraction of sp³-hybridized carbons (Fsp3) is 0.533. The van der Waals surface area contributed by atoms with Gasteiger partial charge >= 0.3 is 0 Å². The Morgan fingerprint density at radius 3 is 3.00 bits per heavy atom. The molecule has 2 atom stereocenters. The van der Waals surface area contributed by atoms with Crippen LogP contribution >= 0.6 is 11.6 Å². The molecule has 0 aliphatic carbocycles. The van der Waals surface area contributed by atoms with Crippen molar-refractivity contribution in [2.45, 2.75) is 26.0 Å². The van der Waals surface area contributed by atoms with E-state index in [0.29, 0.717) is 36.8 Å². The molecule has 1 aromatic rings. The van der Waals surface area contributed by atoms with Crippen LogP contribution in [0.2, 0.25) is 5.02 Å². The average Bonchev–Trinajstić information content (AvgIpc) is 2.41. The van der Waals surface area contributed by atoms with Gasteiger partial charge in [0.15, 0.2) is 0 Å². The first-order valence-electron chi connectivity index (χ1n) is 7.03. The molecule has 0 spiro atoms. The fourth-order valence-electron chi connectivity index (χ4n) is 2.61. The average molecular weight is 315 g/mol. The maximum atomic E-state index is 14.2. The lowest BCUT2D eigenvalue weighted by atomic mass is 10.0. The Morgan fingerprint density at radius 1 is 1.62 bits per heavy atom. The van der Waals surface area contributed by atoms with Crippen LogP contribution in [0.3, 0.4) is 0 Å². The number of carbonyl (C=O) groups is 1. The van der Waals surface area contributed by atoms with Crippen molar-refractivity contribution in [1.29, 1.82) is 0 Å². The molecule has 0 saturated carbocycles. The summed E-state index contributed by atoms with van der Waals surface area (Å²) in [7, 11) is 0. The van der Waals surface area contributed by atoms with Crippen LogP contribution in [0.4, 0.5) is 4.39 Å². The van der Waals surface area contributed by atoms with E-state index in [1.165, 1.54) is 13.0 Å². The molecule has 1 saturated heterocycles. The highest BCUT2D eigenvalue weighted by Crippen LogP contribution is 2.30. The Hall–Kier alpha value is -1.17. The number of hydrogen-bond acceptors (Lipinski definition) is 3. The van der Waals surface area contributed by atoms with Crippen molar-refractivity contribution < 1.29 is 13.9 Å². The van der Waals surface area contributed by atoms with Crippen LogP contribution in [0.25, 0.3) is 0 Å². The summed E-state index contributed by atoms with van der Waals surface area (Å²) in [5.41, 5.74) is 0.432. The van der Waals surface area contributed by atoms with E-state index in [1.54, 1.807) is 12.1 Å². The number of benzene rings is 1. The van der Waals surface area contributed by atoms with Crippen LogP contribution in [0.5, 0.6) is 0 Å². The highest BCUT2D eigenvalue weighted by atomic mass is 35.5. The second-order valence-electron chi connectivity index (χ2n) is 5.26. The first-order valence-corrected chi connectivity index (χ1v) is 7.41. The number of morpholine rings is 1. The van der Waals surface area contributed by atoms with Crippen molar-refractivity contribution in [3.8, 4) is 0 Å². The lowest BCUT2D eigenvalue weighted by Gasteiger charge is -2.38. The third kappa shape index (κ3) is 4.15. The summed E-state index contributed by atoms with van der Waals surface area (Å²) in [6, 6.07) is 4.35. The van der Waals surface area contributed by atoms with Crippen molar-refractivity contribution in [3.05, 3.63) is 34.6 Å². The topological polar surface area (TPSA) is 41.6 Å². The monoisotopic (exact) mass is 314 g/mol. The Morgan fingerprint density at radius 2 is 2.38 bits per heavy atom. The molecule has 4 nitrogen and oxygen atoms in total. The fourth-order valence-corrected chi connectivity index (χ4v) is 2.90. The minimum absolute atomic E-state index is 0.0733. The summed E-state index contributed by atoms with van der Waals surface area (Å²) in [6.45, 7) is 5.69. The van der Waals surface area contributed by atoms with E-state index in [1.807, 2.05) is 6.92 Å². The van der Waals surface area contributed by atoms with E-state index >= 15 is 0 Å². The molecule has 21 heavy (non-hydrogen) atoms. The van der Waals surface area contributed by atoms with Gasteiger partial charge in [-0.25, -0.2) is 4.39 Å². The van der Waals surface area contributed by atoms with Gasteiger partial charge in [-0.2, -0.15) is 0 Å². The number of hydrogen-bond donors (Lipinski definition) is 1. The predicted molar refractivity (Wildman–Crippen MR) is 79.8 cm³/mol. The first-order chi connectivity index (χ1) is 9.99. The second kappa shape index (κ2) is 7.20. The van der Waals surface area contributed by atoms with Crippen molar-refractivity contribution in [2.75, 3.05) is 26.2 Å². The standard InChI is InChI=1S/C15H20ClFN2O2/c1-10-9-19(6-7-21-10)14(8-18-11(2)20)15-12(16)4-3-5-13(15)17/h3-5,10,14H,6-9H2,1-2H3,(H,18,20)/t10-,14+/m0/s1. The predicted octanol–water partition coefficient (Wildman–Crippen LogP) is 2.38. The summed E-state index contributed by atoms with van der Waals surface area (Å²) in [4.78, 5) is 13.3. The lowest BCUT2D eigenvalue weighted by Crippen LogP contribution is -2.46. The molecule has 6 heteroatoms. The molecule has 1 heterocycles. The molecule has 1 fully saturated rings. The number of nitrogens with zero attached hydrogens (tertiary/aromatic N) is 1. The normalized spacial score (nSPS) is 21.0. The largest absolute Gasteiger partial charge is 0.376 e. The molecule has 116 valence electrons. The maximum absolute atomic E-state index is 14.2. The molecular weight excluding hydrogens is 295 g/mol. The molecular formula is C15H20ClFN2O2. The van der Waals surface area contributed by atoms with Crippen molar-refractivity contribution in [2.24, 2.45) is 0 Å². The second-order valence-corrected chi connectivity index (χ2v) is 5.67. The van der Waals surface area contributed by atoms with Crippen LogP contribution < -0.4 is 5.32 Å². The van der Waals surface area contributed by atoms with E-state index in [4.69, 9.17) is 16.3 Å². The van der Waals surface area contributed by atoms with Crippen molar-refractivity contribution in [3.63, 3.8) is 0 Å². The summed E-state index contributed by atoms with van der Waals surface area (Å²) in [6.07, 6.45) is 0.0733. The number of nitrogens with one attached hydrogen (secondary N) is 1. The number of rotatable bonds is 4. The van der Waals surface area contributed by atoms with E-state index < -0.39 is 0 Å². The van der Waals surface area contributed by atoms with Gasteiger partial charge < -0.3 is 10.1 Å². The van der Waals surface area contributed by atoms with E-state index in [2.05, 4.69) is 10.2 Å². The van der Waals surface area contributed by atoms with Gasteiger partial charge in [-0.1, -0.05) is 17.7 Å². The third-order valence-corrected chi connectivity index (χ3v) is 3.92. The van der Waals surface area contributed by atoms with Gasteiger partial charge in [0.05, 0.1) is 18.8 Å². The van der Waals surface area contributed by atoms with Crippen molar-refractivity contribution in [1.82, 2.24) is 10.2 Å². The van der Waals surface area contributed by atoms with Gasteiger partial charge in [0.1, 0.15) is 5.82 Å². The summed E-state index contributed by atoms with van der Waals surface area (Å²) in [5.74, 6) is -0.495. The number of amides is 1. The van der Waals surface area contributed by atoms with Crippen LogP contribution in [-0.4, -0.2) is 43.2 Å². The Balaban J connectivity index is 2.28. The zero-order valence-electron chi connectivity index (χ0n) is 12.2. The Bertz CT molecular complexity index is 492. The molecule has 1 amide bonds. The minimum atomic E-state index is -0.350. The van der Waals surface area contributed by atoms with Gasteiger partial charge in [-0.3, -0.25) is 9.69 Å². The van der Waals surface area contributed by atoms with Gasteiger partial charge in [-0.15, -0.1) is 0 Å². The Kier molecular flexibility index (Phi) is 5.56. The summed E-state index contributed by atoms with van der Waals surface area (Å²) < 4.78 is 19.7. The van der Waals surface area contributed by atoms with Gasteiger partial charge in [0, 0.05) is 37.1 Å². The van der Waals surface area contributed by atoms with Crippen LogP contribution in [0.15, 0.2) is 18.2 Å². The van der Waals surface area contributed by atoms with Crippen LogP contribution in [0.1, 0.15) is 25.5 Å². The molecule has 1 aliphatic rings. The maximum Gasteiger partial charge on any atom is 0.216 e. The first kappa shape index (κ1) is 16.2. The molecule has 0 unspecified atom stereocenters. The lowest BCUT2D eigenvalue weighted by molar-refractivity contribution is -0.119. The van der Waals surface area contributed by atoms with E-state index in [-0.39, 0.29) is 23.9 Å². The minimum Gasteiger partial charge on any atom is -0.376 e. The summed E-state index contributed by atoms with van der Waals surface area (Å²) >= 11 is 6.18. The summed E-state index contributed by atoms with van der Waals surface area (Å²) in [5, 5.41) is 3.14. The SMILES string of the molecule is CC(=O)NC[C@H](c1c(F)cccc1Cl)N1CCO[C@@H](C)C1. The number of halogens is 2. The molecule has 0 aromatic heterocycles. The third-order valence-electron chi connectivity index (χ3n) is 3.59. The van der Waals surface area contributed by atoms with Gasteiger partial charge in [0.2, 0.25) is 5.91 Å². The molecule has 2 rings (SSSR count). The molecule has 0 bridgehead atoms. The van der Waals surface area contributed by atoms with Gasteiger partial charge in [0.25, 0.3) is 0 Å². The van der Waals surface area contributed by atoms with E-state index in [9.17, 15) is 9.18 Å². The van der Waals surface area contributed by atoms with E-state index in [0.717, 1.165) is 0 Å². The van der Waals surface area contributed by atoms with Crippen LogP contribution in [-0.2, 0) is 9.53 Å². The molecule has 1 aliphatic heterocycles. The highest BCUT2D eigenvalue weighted by molar-refractivity contribution is 6.31. The Labute approximate surface area is 129 Å². The van der Waals surface area contributed by atoms with Crippen molar-refractivity contribution >= 4 is 17.5 Å².